The van der Waals surface area contributed by atoms with Gasteiger partial charge in [-0.05, 0) is 95.5 Å². The van der Waals surface area contributed by atoms with Crippen LogP contribution >= 0.6 is 0 Å². The third-order valence-corrected chi connectivity index (χ3v) is 11.9. The minimum Gasteiger partial charge on any atom is -0.456 e. The quantitative estimate of drug-likeness (QED) is 0.215. The van der Waals surface area contributed by atoms with Gasteiger partial charge in [0.25, 0.3) is 11.7 Å². The van der Waals surface area contributed by atoms with Gasteiger partial charge in [0.15, 0.2) is 0 Å². The summed E-state index contributed by atoms with van der Waals surface area (Å²) in [6.45, 7) is 9.32. The molecule has 2 bridgehead atoms. The number of cyclic esters (lactones) is 1. The zero-order valence-corrected chi connectivity index (χ0v) is 32.3. The number of hydrogen-bond donors (Lipinski definition) is 3. The fourth-order valence-corrected chi connectivity index (χ4v) is 8.59. The summed E-state index contributed by atoms with van der Waals surface area (Å²) < 4.78 is 24.0. The lowest BCUT2D eigenvalue weighted by molar-refractivity contribution is -0.302. The smallest absolute Gasteiger partial charge is 0.329 e. The molecule has 10 atom stereocenters. The Bertz CT molecular complexity index is 1320. The van der Waals surface area contributed by atoms with Gasteiger partial charge in [-0.1, -0.05) is 38.5 Å². The number of hydrogen-bond acceptors (Lipinski definition) is 11. The van der Waals surface area contributed by atoms with E-state index in [4.69, 9.17) is 18.9 Å². The van der Waals surface area contributed by atoms with Crippen molar-refractivity contribution in [2.24, 2.45) is 23.7 Å². The Balaban J connectivity index is 1.72. The minimum absolute atomic E-state index is 0.0575. The average Bonchev–Trinajstić information content (AvgIpc) is 3.12. The van der Waals surface area contributed by atoms with Crippen LogP contribution in [0.3, 0.4) is 0 Å². The topological polar surface area (TPSA) is 169 Å². The van der Waals surface area contributed by atoms with Crippen molar-refractivity contribution in [3.05, 3.63) is 23.3 Å². The molecular weight excluding hydrogens is 670 g/mol. The monoisotopic (exact) mass is 733 g/mol. The summed E-state index contributed by atoms with van der Waals surface area (Å²) in [5.41, 5.74) is 1.70. The first-order valence-corrected chi connectivity index (χ1v) is 19.3. The van der Waals surface area contributed by atoms with Crippen LogP contribution in [0.1, 0.15) is 112 Å². The van der Waals surface area contributed by atoms with Crippen LogP contribution in [-0.2, 0) is 38.1 Å². The van der Waals surface area contributed by atoms with Crippen molar-refractivity contribution in [3.63, 3.8) is 0 Å². The van der Waals surface area contributed by atoms with Crippen molar-refractivity contribution < 1.29 is 53.4 Å². The Morgan fingerprint density at radius 3 is 2.25 bits per heavy atom. The number of amides is 1. The van der Waals surface area contributed by atoms with Gasteiger partial charge >= 0.3 is 5.97 Å². The molecule has 3 aliphatic heterocycles. The number of allylic oxidation sites excluding steroid dienone is 3. The molecule has 52 heavy (non-hydrogen) atoms. The molecule has 0 radical (unpaired) electrons. The van der Waals surface area contributed by atoms with Gasteiger partial charge in [-0.2, -0.15) is 0 Å². The second-order valence-corrected chi connectivity index (χ2v) is 16.1. The number of nitrogens with zero attached hydrogens (tertiary/aromatic N) is 1. The number of Topliss-reactive ketones (excluding diaryl/α,β-unsaturated/α-hetero) is 2. The molecule has 3 heterocycles. The molecule has 3 fully saturated rings. The van der Waals surface area contributed by atoms with E-state index >= 15 is 0 Å². The van der Waals surface area contributed by atoms with E-state index in [-0.39, 0.29) is 56.0 Å². The number of ether oxygens (including phenoxy) is 4. The van der Waals surface area contributed by atoms with E-state index in [1.807, 2.05) is 32.9 Å². The standard InChI is InChI=1S/C40H63NO11/c1-23-11-14-30(43)22-32(44)27(5)35(25(3)20-28-12-15-29(42)16-13-28)51-39(47)31-10-8-9-17-41(31)38(46)37(45)40(48)26(4)21-34(50-7)36(52-40)33(49-6)19-24(2)18-23/h11,20,24,26-29,31-36,42,44,48H,8-10,12-19,21-22H2,1-7H3/b23-11+,25-20+/t24-,26+,27+,28-,29-,31-,32-,33-,34-,35+,36+,40+/m0/s1. The summed E-state index contributed by atoms with van der Waals surface area (Å²) in [6.07, 6.45) is 5.22. The van der Waals surface area contributed by atoms with Crippen LogP contribution in [0.2, 0.25) is 0 Å². The highest BCUT2D eigenvalue weighted by atomic mass is 16.7. The number of piperidine rings is 1. The van der Waals surface area contributed by atoms with Crippen LogP contribution in [0.4, 0.5) is 0 Å². The molecule has 12 nitrogen and oxygen atoms in total. The van der Waals surface area contributed by atoms with Crippen molar-refractivity contribution in [1.82, 2.24) is 4.90 Å². The molecule has 0 unspecified atom stereocenters. The van der Waals surface area contributed by atoms with Crippen molar-refractivity contribution in [1.29, 1.82) is 0 Å². The van der Waals surface area contributed by atoms with E-state index in [2.05, 4.69) is 0 Å². The molecule has 1 amide bonds. The number of carbonyl (C=O) groups is 4. The SMILES string of the molecule is CO[C@H]1C[C@@H](C)C/C(C)=C/CC(=O)C[C@H](O)[C@@H](C)[C@@H](/C(C)=C/[C@H]2CC[C@H](O)CC2)OC(=O)[C@@H]2CCCCN2C(=O)C(=O)[C@]2(O)O[C@H]1[C@@H](OC)C[C@H]2C. The lowest BCUT2D eigenvalue weighted by Gasteiger charge is -2.47. The molecule has 12 heteroatoms. The van der Waals surface area contributed by atoms with Gasteiger partial charge in [-0.3, -0.25) is 14.4 Å². The summed E-state index contributed by atoms with van der Waals surface area (Å²) in [5, 5.41) is 33.3. The van der Waals surface area contributed by atoms with Gasteiger partial charge in [-0.25, -0.2) is 4.79 Å². The fourth-order valence-electron chi connectivity index (χ4n) is 8.59. The Kier molecular flexibility index (Phi) is 15.2. The number of aliphatic hydroxyl groups excluding tert-OH is 2. The van der Waals surface area contributed by atoms with E-state index in [1.54, 1.807) is 13.8 Å². The average molecular weight is 734 g/mol. The first-order valence-electron chi connectivity index (χ1n) is 19.3. The lowest BCUT2D eigenvalue weighted by atomic mass is 9.82. The van der Waals surface area contributed by atoms with Gasteiger partial charge in [-0.15, -0.1) is 0 Å². The molecule has 0 aromatic carbocycles. The fraction of sp³-hybridized carbons (Fsp3) is 0.800. The van der Waals surface area contributed by atoms with E-state index < -0.39 is 71.8 Å². The van der Waals surface area contributed by atoms with Crippen LogP contribution in [0, 0.1) is 23.7 Å². The summed E-state index contributed by atoms with van der Waals surface area (Å²) in [4.78, 5) is 56.7. The third-order valence-electron chi connectivity index (χ3n) is 11.9. The molecule has 1 saturated carbocycles. The largest absolute Gasteiger partial charge is 0.456 e. The molecule has 4 rings (SSSR count). The zero-order chi connectivity index (χ0) is 38.3. The Morgan fingerprint density at radius 2 is 1.60 bits per heavy atom. The maximum atomic E-state index is 14.1. The first-order chi connectivity index (χ1) is 24.6. The predicted octanol–water partition coefficient (Wildman–Crippen LogP) is 4.21. The second kappa shape index (κ2) is 18.7. The summed E-state index contributed by atoms with van der Waals surface area (Å²) >= 11 is 0. The van der Waals surface area contributed by atoms with Crippen LogP contribution < -0.4 is 0 Å². The molecule has 2 saturated heterocycles. The van der Waals surface area contributed by atoms with Gasteiger partial charge < -0.3 is 39.2 Å². The molecule has 0 aromatic rings. The highest BCUT2D eigenvalue weighted by molar-refractivity contribution is 6.39. The van der Waals surface area contributed by atoms with E-state index in [9.17, 15) is 34.5 Å². The number of methoxy groups -OCH3 is 2. The molecule has 1 aliphatic carbocycles. The Labute approximate surface area is 309 Å². The van der Waals surface area contributed by atoms with E-state index in [1.165, 1.54) is 19.1 Å². The number of esters is 1. The number of ketones is 2. The second-order valence-electron chi connectivity index (χ2n) is 16.1. The molecule has 4 aliphatic rings. The highest BCUT2D eigenvalue weighted by Crippen LogP contribution is 2.39. The van der Waals surface area contributed by atoms with Gasteiger partial charge in [0.1, 0.15) is 24.0 Å². The van der Waals surface area contributed by atoms with Crippen molar-refractivity contribution in [2.75, 3.05) is 20.8 Å². The maximum Gasteiger partial charge on any atom is 0.329 e. The number of rotatable bonds is 4. The molecule has 294 valence electrons. The summed E-state index contributed by atoms with van der Waals surface area (Å²) in [5.74, 6) is -6.79. The van der Waals surface area contributed by atoms with Crippen molar-refractivity contribution in [2.45, 2.75) is 160 Å². The molecular formula is C40H63NO11. The minimum atomic E-state index is -2.48. The van der Waals surface area contributed by atoms with Crippen LogP contribution in [0.15, 0.2) is 23.3 Å². The van der Waals surface area contributed by atoms with Gasteiger partial charge in [0.05, 0.1) is 24.4 Å². The first kappa shape index (κ1) is 42.3. The van der Waals surface area contributed by atoms with Gasteiger partial charge in [0, 0.05) is 45.4 Å². The van der Waals surface area contributed by atoms with Crippen molar-refractivity contribution in [3.8, 4) is 0 Å². The number of fused-ring (bicyclic) bond motifs is 3. The van der Waals surface area contributed by atoms with Crippen LogP contribution in [0.5, 0.6) is 0 Å². The Hall–Kier alpha value is -2.48. The number of aliphatic hydroxyl groups is 3. The predicted molar refractivity (Wildman–Crippen MR) is 193 cm³/mol. The highest BCUT2D eigenvalue weighted by Gasteiger charge is 2.56. The van der Waals surface area contributed by atoms with Crippen molar-refractivity contribution >= 4 is 23.4 Å². The van der Waals surface area contributed by atoms with Gasteiger partial charge in [0.2, 0.25) is 5.79 Å². The molecule has 0 aromatic heterocycles. The van der Waals surface area contributed by atoms with E-state index in [0.717, 1.165) is 18.4 Å². The summed E-state index contributed by atoms with van der Waals surface area (Å²) in [7, 11) is 3.06. The molecule has 0 spiro atoms. The van der Waals surface area contributed by atoms with Crippen LogP contribution in [0.25, 0.3) is 0 Å². The zero-order valence-electron chi connectivity index (χ0n) is 32.3. The van der Waals surface area contributed by atoms with Crippen LogP contribution in [-0.4, -0.2) is 113 Å². The molecule has 3 N–H and O–H groups in total. The third kappa shape index (κ3) is 10.2. The Morgan fingerprint density at radius 1 is 0.942 bits per heavy atom. The summed E-state index contributed by atoms with van der Waals surface area (Å²) in [6, 6.07) is -1.10. The number of carbonyl (C=O) groups excluding carboxylic acids is 4. The van der Waals surface area contributed by atoms with E-state index in [0.29, 0.717) is 44.1 Å². The maximum absolute atomic E-state index is 14.1. The lowest BCUT2D eigenvalue weighted by Crippen LogP contribution is -2.64. The normalized spacial score (nSPS) is 41.0.